The van der Waals surface area contributed by atoms with Crippen LogP contribution < -0.4 is 5.32 Å². The van der Waals surface area contributed by atoms with Gasteiger partial charge in [-0.05, 0) is 30.7 Å². The molecule has 0 radical (unpaired) electrons. The van der Waals surface area contributed by atoms with E-state index in [-0.39, 0.29) is 17.4 Å². The number of thioether (sulfide) groups is 1. The molecule has 1 amide bonds. The summed E-state index contributed by atoms with van der Waals surface area (Å²) in [6.45, 7) is 9.10. The van der Waals surface area contributed by atoms with E-state index < -0.39 is 0 Å². The van der Waals surface area contributed by atoms with E-state index in [0.29, 0.717) is 18.4 Å². The molecular formula is C23H34N4O2S. The van der Waals surface area contributed by atoms with Gasteiger partial charge >= 0.3 is 0 Å². The Morgan fingerprint density at radius 1 is 1.23 bits per heavy atom. The highest BCUT2D eigenvalue weighted by Crippen LogP contribution is 2.37. The van der Waals surface area contributed by atoms with Crippen LogP contribution in [0.4, 0.5) is 0 Å². The lowest BCUT2D eigenvalue weighted by Crippen LogP contribution is -2.36. The van der Waals surface area contributed by atoms with Crippen LogP contribution in [-0.2, 0) is 14.9 Å². The molecule has 0 aliphatic heterocycles. The summed E-state index contributed by atoms with van der Waals surface area (Å²) < 4.78 is 7.35. The van der Waals surface area contributed by atoms with Crippen molar-refractivity contribution in [2.45, 2.75) is 76.0 Å². The number of carbonyl (C=O) groups excluding carboxylic acids is 1. The highest BCUT2D eigenvalue weighted by molar-refractivity contribution is 7.99. The van der Waals surface area contributed by atoms with Gasteiger partial charge in [0.1, 0.15) is 0 Å². The summed E-state index contributed by atoms with van der Waals surface area (Å²) in [7, 11) is 1.64. The Kier molecular flexibility index (Phi) is 7.58. The summed E-state index contributed by atoms with van der Waals surface area (Å²) in [5.41, 5.74) is 2.49. The first-order valence-electron chi connectivity index (χ1n) is 10.8. The molecule has 0 saturated heterocycles. The number of benzene rings is 1. The highest BCUT2D eigenvalue weighted by Gasteiger charge is 2.25. The molecule has 30 heavy (non-hydrogen) atoms. The molecule has 3 rings (SSSR count). The molecule has 1 unspecified atom stereocenters. The van der Waals surface area contributed by atoms with Gasteiger partial charge in [-0.25, -0.2) is 0 Å². The first-order valence-corrected chi connectivity index (χ1v) is 11.7. The third-order valence-corrected chi connectivity index (χ3v) is 6.46. The molecule has 0 spiro atoms. The Hall–Kier alpha value is -1.86. The van der Waals surface area contributed by atoms with E-state index in [1.54, 1.807) is 7.11 Å². The van der Waals surface area contributed by atoms with Crippen molar-refractivity contribution in [3.05, 3.63) is 29.8 Å². The lowest BCUT2D eigenvalue weighted by atomic mass is 9.86. The van der Waals surface area contributed by atoms with Gasteiger partial charge in [-0.3, -0.25) is 9.36 Å². The standard InChI is InChI=1S/C23H34N4O2S/c1-16(14-29-5)24-20(28)15-30-22-26-25-21(27(22)19-8-6-7-9-19)17-10-12-18(13-11-17)23(2,3)4/h10-13,16,19H,6-9,14-15H2,1-5H3,(H,24,28). The van der Waals surface area contributed by atoms with Crippen LogP contribution in [0.1, 0.15) is 65.0 Å². The van der Waals surface area contributed by atoms with Crippen LogP contribution in [0.5, 0.6) is 0 Å². The maximum Gasteiger partial charge on any atom is 0.230 e. The summed E-state index contributed by atoms with van der Waals surface area (Å²) >= 11 is 1.46. The number of nitrogens with one attached hydrogen (secondary N) is 1. The van der Waals surface area contributed by atoms with E-state index in [1.807, 2.05) is 6.92 Å². The van der Waals surface area contributed by atoms with Crippen molar-refractivity contribution in [3.63, 3.8) is 0 Å². The van der Waals surface area contributed by atoms with Crippen LogP contribution in [0.15, 0.2) is 29.4 Å². The van der Waals surface area contributed by atoms with Gasteiger partial charge in [0.25, 0.3) is 0 Å². The van der Waals surface area contributed by atoms with E-state index in [2.05, 4.69) is 65.1 Å². The zero-order valence-electron chi connectivity index (χ0n) is 18.8. The van der Waals surface area contributed by atoms with Crippen LogP contribution in [-0.4, -0.2) is 46.2 Å². The smallest absolute Gasteiger partial charge is 0.230 e. The van der Waals surface area contributed by atoms with Gasteiger partial charge in [-0.2, -0.15) is 0 Å². The second-order valence-corrected chi connectivity index (χ2v) is 10.1. The fourth-order valence-corrected chi connectivity index (χ4v) is 4.74. The second-order valence-electron chi connectivity index (χ2n) is 9.15. The number of rotatable bonds is 8. The number of ether oxygens (including phenoxy) is 1. The summed E-state index contributed by atoms with van der Waals surface area (Å²) in [5.74, 6) is 1.21. The molecule has 2 aromatic rings. The number of carbonyl (C=O) groups is 1. The Morgan fingerprint density at radius 3 is 2.50 bits per heavy atom. The SMILES string of the molecule is COCC(C)NC(=O)CSc1nnc(-c2ccc(C(C)(C)C)cc2)n1C1CCCC1. The molecule has 1 aliphatic carbocycles. The fraction of sp³-hybridized carbons (Fsp3) is 0.609. The van der Waals surface area contributed by atoms with Gasteiger partial charge in [0.05, 0.1) is 12.4 Å². The van der Waals surface area contributed by atoms with Gasteiger partial charge < -0.3 is 10.1 Å². The van der Waals surface area contributed by atoms with Crippen molar-refractivity contribution in [1.82, 2.24) is 20.1 Å². The quantitative estimate of drug-likeness (QED) is 0.620. The van der Waals surface area contributed by atoms with Crippen LogP contribution in [0, 0.1) is 0 Å². The van der Waals surface area contributed by atoms with E-state index in [0.717, 1.165) is 29.4 Å². The Bertz CT molecular complexity index is 836. The molecular weight excluding hydrogens is 396 g/mol. The summed E-state index contributed by atoms with van der Waals surface area (Å²) in [6.07, 6.45) is 4.72. The lowest BCUT2D eigenvalue weighted by Gasteiger charge is -2.20. The minimum atomic E-state index is -0.0124. The number of amides is 1. The minimum Gasteiger partial charge on any atom is -0.383 e. The fourth-order valence-electron chi connectivity index (χ4n) is 3.92. The van der Waals surface area contributed by atoms with E-state index >= 15 is 0 Å². The van der Waals surface area contributed by atoms with Crippen molar-refractivity contribution in [2.75, 3.05) is 19.5 Å². The molecule has 1 aromatic carbocycles. The van der Waals surface area contributed by atoms with Crippen molar-refractivity contribution >= 4 is 17.7 Å². The number of aromatic nitrogens is 3. The third kappa shape index (κ3) is 5.64. The maximum absolute atomic E-state index is 12.3. The minimum absolute atomic E-state index is 0.00676. The van der Waals surface area contributed by atoms with E-state index in [1.165, 1.54) is 30.2 Å². The average Bonchev–Trinajstić information content (AvgIpc) is 3.35. The zero-order chi connectivity index (χ0) is 21.7. The third-order valence-electron chi connectivity index (χ3n) is 5.52. The Morgan fingerprint density at radius 2 is 1.90 bits per heavy atom. The first kappa shape index (κ1) is 22.8. The molecule has 1 aromatic heterocycles. The number of hydrogen-bond donors (Lipinski definition) is 1. The molecule has 1 fully saturated rings. The summed E-state index contributed by atoms with van der Waals surface area (Å²) in [5, 5.41) is 12.8. The molecule has 1 heterocycles. The van der Waals surface area contributed by atoms with Gasteiger partial charge in [-0.15, -0.1) is 10.2 Å². The van der Waals surface area contributed by atoms with Crippen molar-refractivity contribution in [2.24, 2.45) is 0 Å². The summed E-state index contributed by atoms with van der Waals surface area (Å²) in [4.78, 5) is 12.3. The van der Waals surface area contributed by atoms with Crippen molar-refractivity contribution in [1.29, 1.82) is 0 Å². The predicted octanol–water partition coefficient (Wildman–Crippen LogP) is 4.60. The highest BCUT2D eigenvalue weighted by atomic mass is 32.2. The first-order chi connectivity index (χ1) is 14.3. The molecule has 0 bridgehead atoms. The van der Waals surface area contributed by atoms with E-state index in [9.17, 15) is 4.79 Å². The van der Waals surface area contributed by atoms with Crippen LogP contribution in [0.2, 0.25) is 0 Å². The Balaban J connectivity index is 1.80. The molecule has 1 aliphatic rings. The van der Waals surface area contributed by atoms with Gasteiger partial charge in [0.15, 0.2) is 11.0 Å². The molecule has 1 saturated carbocycles. The number of nitrogens with zero attached hydrogens (tertiary/aromatic N) is 3. The average molecular weight is 431 g/mol. The monoisotopic (exact) mass is 430 g/mol. The molecule has 1 atom stereocenters. The molecule has 7 heteroatoms. The van der Waals surface area contributed by atoms with Gasteiger partial charge in [0.2, 0.25) is 5.91 Å². The van der Waals surface area contributed by atoms with Gasteiger partial charge in [-0.1, -0.05) is 69.6 Å². The molecule has 1 N–H and O–H groups in total. The van der Waals surface area contributed by atoms with Crippen LogP contribution in [0.25, 0.3) is 11.4 Å². The van der Waals surface area contributed by atoms with Crippen molar-refractivity contribution in [3.8, 4) is 11.4 Å². The molecule has 164 valence electrons. The number of methoxy groups -OCH3 is 1. The Labute approximate surface area is 184 Å². The largest absolute Gasteiger partial charge is 0.383 e. The van der Waals surface area contributed by atoms with E-state index in [4.69, 9.17) is 4.74 Å². The molecule has 6 nitrogen and oxygen atoms in total. The van der Waals surface area contributed by atoms with Crippen LogP contribution >= 0.6 is 11.8 Å². The normalized spacial score (nSPS) is 16.0. The number of hydrogen-bond acceptors (Lipinski definition) is 5. The second kappa shape index (κ2) is 9.96. The van der Waals surface area contributed by atoms with Crippen molar-refractivity contribution < 1.29 is 9.53 Å². The topological polar surface area (TPSA) is 69.0 Å². The van der Waals surface area contributed by atoms with Gasteiger partial charge in [0, 0.05) is 24.8 Å². The maximum atomic E-state index is 12.3. The lowest BCUT2D eigenvalue weighted by molar-refractivity contribution is -0.119. The van der Waals surface area contributed by atoms with Crippen LogP contribution in [0.3, 0.4) is 0 Å². The zero-order valence-corrected chi connectivity index (χ0v) is 19.6. The predicted molar refractivity (Wildman–Crippen MR) is 122 cm³/mol. The summed E-state index contributed by atoms with van der Waals surface area (Å²) in [6, 6.07) is 9.04.